The van der Waals surface area contributed by atoms with Crippen LogP contribution >= 0.6 is 0 Å². The molecule has 2 fully saturated rings. The van der Waals surface area contributed by atoms with E-state index in [1.54, 1.807) is 0 Å². The van der Waals surface area contributed by atoms with Crippen molar-refractivity contribution in [2.24, 2.45) is 5.41 Å². The summed E-state index contributed by atoms with van der Waals surface area (Å²) >= 11 is 0. The van der Waals surface area contributed by atoms with Gasteiger partial charge in [0.15, 0.2) is 0 Å². The zero-order chi connectivity index (χ0) is 14.3. The summed E-state index contributed by atoms with van der Waals surface area (Å²) in [5.41, 5.74) is 3.26. The van der Waals surface area contributed by atoms with Crippen LogP contribution in [0.15, 0.2) is 30.5 Å². The number of fused-ring (bicyclic) bond motifs is 1. The fraction of sp³-hybridized carbons (Fsp3) is 0.556. The summed E-state index contributed by atoms with van der Waals surface area (Å²) in [4.78, 5) is 5.94. The quantitative estimate of drug-likeness (QED) is 0.930. The van der Waals surface area contributed by atoms with E-state index in [9.17, 15) is 0 Å². The molecule has 3 heteroatoms. The van der Waals surface area contributed by atoms with Gasteiger partial charge in [0.25, 0.3) is 0 Å². The monoisotopic (exact) mass is 284 g/mol. The highest BCUT2D eigenvalue weighted by atomic mass is 16.5. The molecule has 21 heavy (non-hydrogen) atoms. The number of aromatic nitrogens is 1. The Morgan fingerprint density at radius 1 is 1.33 bits per heavy atom. The van der Waals surface area contributed by atoms with Crippen LogP contribution in [0.2, 0.25) is 0 Å². The smallest absolute Gasteiger partial charge is 0.0586 e. The van der Waals surface area contributed by atoms with E-state index >= 15 is 0 Å². The zero-order valence-corrected chi connectivity index (χ0v) is 12.8. The van der Waals surface area contributed by atoms with Crippen LogP contribution in [-0.2, 0) is 11.3 Å². The number of hydrogen-bond donors (Lipinski definition) is 1. The van der Waals surface area contributed by atoms with Crippen LogP contribution in [-0.4, -0.2) is 35.7 Å². The van der Waals surface area contributed by atoms with Gasteiger partial charge in [-0.05, 0) is 55.8 Å². The molecular weight excluding hydrogens is 260 g/mol. The molecule has 1 saturated heterocycles. The summed E-state index contributed by atoms with van der Waals surface area (Å²) in [7, 11) is 0. The first-order valence-electron chi connectivity index (χ1n) is 8.17. The average Bonchev–Trinajstić information content (AvgIpc) is 3.06. The topological polar surface area (TPSA) is 28.3 Å². The van der Waals surface area contributed by atoms with Gasteiger partial charge in [0.05, 0.1) is 6.10 Å². The minimum Gasteiger partial charge on any atom is -0.378 e. The van der Waals surface area contributed by atoms with Crippen molar-refractivity contribution in [1.82, 2.24) is 9.88 Å². The number of H-pyrrole nitrogens is 1. The molecule has 0 atom stereocenters. The molecule has 3 nitrogen and oxygen atoms in total. The average molecular weight is 284 g/mol. The summed E-state index contributed by atoms with van der Waals surface area (Å²) in [6.45, 7) is 6.52. The molecule has 0 amide bonds. The molecule has 4 rings (SSSR count). The third-order valence-electron chi connectivity index (χ3n) is 5.32. The van der Waals surface area contributed by atoms with Crippen molar-refractivity contribution in [2.75, 3.05) is 19.7 Å². The Hall–Kier alpha value is -1.32. The van der Waals surface area contributed by atoms with E-state index in [2.05, 4.69) is 41.1 Å². The van der Waals surface area contributed by atoms with E-state index in [-0.39, 0.29) is 0 Å². The van der Waals surface area contributed by atoms with E-state index in [1.807, 2.05) is 6.20 Å². The third-order valence-corrected chi connectivity index (χ3v) is 5.32. The van der Waals surface area contributed by atoms with Crippen LogP contribution in [0.25, 0.3) is 10.9 Å². The third kappa shape index (κ3) is 2.39. The Morgan fingerprint density at radius 2 is 2.24 bits per heavy atom. The molecule has 2 heterocycles. The Balaban J connectivity index is 1.42. The molecule has 2 aliphatic rings. The summed E-state index contributed by atoms with van der Waals surface area (Å²) in [6.07, 6.45) is 6.46. The zero-order valence-electron chi connectivity index (χ0n) is 12.8. The number of ether oxygens (including phenoxy) is 1. The fourth-order valence-corrected chi connectivity index (χ4v) is 4.28. The standard InChI is InChI=1S/C18H24N2O/c1-2-21-15-10-18(11-15)7-9-20(13-18)12-14-4-3-5-17-16(14)6-8-19-17/h3-6,8,15,19H,2,7,9-13H2,1H3. The maximum atomic E-state index is 5.74. The lowest BCUT2D eigenvalue weighted by Crippen LogP contribution is -2.44. The Bertz CT molecular complexity index is 627. The van der Waals surface area contributed by atoms with Gasteiger partial charge in [0.1, 0.15) is 0 Å². The van der Waals surface area contributed by atoms with Crippen molar-refractivity contribution in [2.45, 2.75) is 38.8 Å². The van der Waals surface area contributed by atoms with Gasteiger partial charge >= 0.3 is 0 Å². The van der Waals surface area contributed by atoms with Crippen molar-refractivity contribution in [1.29, 1.82) is 0 Å². The van der Waals surface area contributed by atoms with E-state index in [0.29, 0.717) is 11.5 Å². The van der Waals surface area contributed by atoms with E-state index in [4.69, 9.17) is 4.74 Å². The van der Waals surface area contributed by atoms with Gasteiger partial charge in [0, 0.05) is 36.8 Å². The van der Waals surface area contributed by atoms with Gasteiger partial charge in [-0.2, -0.15) is 0 Å². The molecule has 1 saturated carbocycles. The van der Waals surface area contributed by atoms with Crippen LogP contribution in [0.4, 0.5) is 0 Å². The number of likely N-dealkylation sites (tertiary alicyclic amines) is 1. The first-order valence-corrected chi connectivity index (χ1v) is 8.17. The predicted octanol–water partition coefficient (Wildman–Crippen LogP) is 3.56. The van der Waals surface area contributed by atoms with Gasteiger partial charge in [-0.15, -0.1) is 0 Å². The number of benzene rings is 1. The maximum Gasteiger partial charge on any atom is 0.0586 e. The van der Waals surface area contributed by atoms with Crippen molar-refractivity contribution < 1.29 is 4.74 Å². The molecule has 2 aromatic rings. The van der Waals surface area contributed by atoms with Crippen molar-refractivity contribution in [3.63, 3.8) is 0 Å². The van der Waals surface area contributed by atoms with Gasteiger partial charge in [-0.1, -0.05) is 12.1 Å². The predicted molar refractivity (Wildman–Crippen MR) is 85.3 cm³/mol. The summed E-state index contributed by atoms with van der Waals surface area (Å²) in [6, 6.07) is 8.79. The van der Waals surface area contributed by atoms with Gasteiger partial charge in [-0.25, -0.2) is 0 Å². The lowest BCUT2D eigenvalue weighted by Gasteiger charge is -2.44. The van der Waals surface area contributed by atoms with E-state index < -0.39 is 0 Å². The normalized spacial score (nSPS) is 29.3. The minimum absolute atomic E-state index is 0.531. The highest BCUT2D eigenvalue weighted by molar-refractivity contribution is 5.82. The van der Waals surface area contributed by atoms with E-state index in [1.165, 1.54) is 48.8 Å². The number of aromatic amines is 1. The van der Waals surface area contributed by atoms with Gasteiger partial charge < -0.3 is 9.72 Å². The highest BCUT2D eigenvalue weighted by Crippen LogP contribution is 2.49. The molecule has 1 aromatic carbocycles. The Morgan fingerprint density at radius 3 is 3.10 bits per heavy atom. The summed E-state index contributed by atoms with van der Waals surface area (Å²) in [5.74, 6) is 0. The second kappa shape index (κ2) is 5.15. The Kier molecular flexibility index (Phi) is 3.27. The van der Waals surface area contributed by atoms with Gasteiger partial charge in [0.2, 0.25) is 0 Å². The number of nitrogens with one attached hydrogen (secondary N) is 1. The molecule has 1 N–H and O–H groups in total. The second-order valence-electron chi connectivity index (χ2n) is 6.80. The molecule has 1 aliphatic heterocycles. The molecule has 0 radical (unpaired) electrons. The van der Waals surface area contributed by atoms with Crippen LogP contribution in [0, 0.1) is 5.41 Å². The first kappa shape index (κ1) is 13.4. The number of hydrogen-bond acceptors (Lipinski definition) is 2. The van der Waals surface area contributed by atoms with Crippen molar-refractivity contribution in [3.05, 3.63) is 36.0 Å². The number of nitrogens with zero attached hydrogens (tertiary/aromatic N) is 1. The SMILES string of the molecule is CCOC1CC2(CCN(Cc3cccc4[nH]ccc34)C2)C1. The molecule has 1 aliphatic carbocycles. The molecule has 1 spiro atoms. The lowest BCUT2D eigenvalue weighted by atomic mass is 9.66. The highest BCUT2D eigenvalue weighted by Gasteiger charge is 2.48. The fourth-order valence-electron chi connectivity index (χ4n) is 4.28. The second-order valence-corrected chi connectivity index (χ2v) is 6.80. The molecule has 0 unspecified atom stereocenters. The Labute approximate surface area is 126 Å². The lowest BCUT2D eigenvalue weighted by molar-refractivity contribution is -0.0718. The molecule has 0 bridgehead atoms. The molecular formula is C18H24N2O. The molecule has 112 valence electrons. The van der Waals surface area contributed by atoms with Crippen LogP contribution in [0.3, 0.4) is 0 Å². The van der Waals surface area contributed by atoms with Crippen molar-refractivity contribution >= 4 is 10.9 Å². The van der Waals surface area contributed by atoms with Crippen molar-refractivity contribution in [3.8, 4) is 0 Å². The summed E-state index contributed by atoms with van der Waals surface area (Å²) < 4.78 is 5.74. The van der Waals surface area contributed by atoms with Crippen LogP contribution in [0.5, 0.6) is 0 Å². The van der Waals surface area contributed by atoms with Crippen LogP contribution in [0.1, 0.15) is 31.7 Å². The van der Waals surface area contributed by atoms with Crippen LogP contribution < -0.4 is 0 Å². The largest absolute Gasteiger partial charge is 0.378 e. The van der Waals surface area contributed by atoms with E-state index in [0.717, 1.165) is 13.2 Å². The molecule has 1 aromatic heterocycles. The maximum absolute atomic E-state index is 5.74. The minimum atomic E-state index is 0.531. The number of rotatable bonds is 4. The summed E-state index contributed by atoms with van der Waals surface area (Å²) in [5, 5.41) is 1.37. The first-order chi connectivity index (χ1) is 10.3. The van der Waals surface area contributed by atoms with Gasteiger partial charge in [-0.3, -0.25) is 4.90 Å².